The lowest BCUT2D eigenvalue weighted by molar-refractivity contribution is -0.137. The molecule has 6 nitrogen and oxygen atoms in total. The van der Waals surface area contributed by atoms with Gasteiger partial charge in [0, 0.05) is 12.3 Å². The number of carbonyl (C=O) groups is 2. The molecule has 1 heterocycles. The number of amides is 1. The highest BCUT2D eigenvalue weighted by Crippen LogP contribution is 2.21. The highest BCUT2D eigenvalue weighted by molar-refractivity contribution is 6.30. The minimum Gasteiger partial charge on any atom is -0.463 e. The molecule has 0 saturated heterocycles. The summed E-state index contributed by atoms with van der Waals surface area (Å²) < 4.78 is 4.81. The first-order valence-corrected chi connectivity index (χ1v) is 7.55. The van der Waals surface area contributed by atoms with Crippen LogP contribution >= 0.6 is 11.6 Å². The van der Waals surface area contributed by atoms with Crippen molar-refractivity contribution in [1.29, 1.82) is 0 Å². The molecule has 0 saturated carbocycles. The Hall–Kier alpha value is -2.31. The van der Waals surface area contributed by atoms with E-state index in [-0.39, 0.29) is 12.5 Å². The second-order valence-corrected chi connectivity index (χ2v) is 5.25. The van der Waals surface area contributed by atoms with E-state index < -0.39 is 11.5 Å². The number of rotatable bonds is 5. The Morgan fingerprint density at radius 1 is 1.39 bits per heavy atom. The number of carbonyl (C=O) groups excluding carboxylic acids is 2. The Bertz CT molecular complexity index is 631. The largest absolute Gasteiger partial charge is 0.463 e. The van der Waals surface area contributed by atoms with Gasteiger partial charge >= 0.3 is 5.97 Å². The average molecular weight is 336 g/mol. The molecular weight excluding hydrogens is 318 g/mol. The molecule has 0 aliphatic carbocycles. The van der Waals surface area contributed by atoms with Gasteiger partial charge in [-0.25, -0.2) is 10.6 Å². The zero-order valence-electron chi connectivity index (χ0n) is 12.7. The number of nitrogens with two attached hydrogens (primary N) is 1. The molecule has 1 aromatic carbocycles. The van der Waals surface area contributed by atoms with E-state index in [4.69, 9.17) is 22.2 Å². The Morgan fingerprint density at radius 2 is 2.09 bits per heavy atom. The van der Waals surface area contributed by atoms with Crippen LogP contribution in [0.25, 0.3) is 0 Å². The number of hydrogen-bond donors (Lipinski definition) is 1. The lowest BCUT2D eigenvalue weighted by Crippen LogP contribution is -2.50. The standard InChI is InChI=1S/C16H18ClN3O3/c1-2-23-14(21)9-8-13-11-19(16(22)15(17)20(13)18)10-12-6-4-3-5-7-12/h3-9,11,15H,2,10,18H2,1H3/b9-8+. The minimum atomic E-state index is -1.04. The minimum absolute atomic E-state index is 0.283. The lowest BCUT2D eigenvalue weighted by atomic mass is 10.2. The number of hydrazine groups is 1. The van der Waals surface area contributed by atoms with Crippen LogP contribution in [0, 0.1) is 0 Å². The fourth-order valence-corrected chi connectivity index (χ4v) is 2.29. The third kappa shape index (κ3) is 4.34. The van der Waals surface area contributed by atoms with Crippen LogP contribution in [0.15, 0.2) is 54.4 Å². The summed E-state index contributed by atoms with van der Waals surface area (Å²) >= 11 is 6.07. The zero-order chi connectivity index (χ0) is 16.8. The summed E-state index contributed by atoms with van der Waals surface area (Å²) in [6.45, 7) is 2.37. The highest BCUT2D eigenvalue weighted by Gasteiger charge is 2.31. The van der Waals surface area contributed by atoms with Gasteiger partial charge in [0.25, 0.3) is 5.91 Å². The molecule has 1 unspecified atom stereocenters. The van der Waals surface area contributed by atoms with E-state index >= 15 is 0 Å². The maximum atomic E-state index is 12.2. The molecule has 0 bridgehead atoms. The van der Waals surface area contributed by atoms with E-state index in [1.807, 2.05) is 30.3 Å². The Balaban J connectivity index is 2.20. The number of hydrogen-bond acceptors (Lipinski definition) is 5. The predicted octanol–water partition coefficient (Wildman–Crippen LogP) is 1.73. The van der Waals surface area contributed by atoms with Gasteiger partial charge in [0.05, 0.1) is 18.8 Å². The number of benzene rings is 1. The number of alkyl halides is 1. The Labute approximate surface area is 139 Å². The molecule has 2 N–H and O–H groups in total. The lowest BCUT2D eigenvalue weighted by Gasteiger charge is -2.34. The third-order valence-corrected chi connectivity index (χ3v) is 3.59. The fraction of sp³-hybridized carbons (Fsp3) is 0.250. The van der Waals surface area contributed by atoms with Gasteiger partial charge in [-0.3, -0.25) is 9.80 Å². The first-order valence-electron chi connectivity index (χ1n) is 7.12. The van der Waals surface area contributed by atoms with E-state index in [1.54, 1.807) is 13.1 Å². The molecule has 1 aromatic rings. The summed E-state index contributed by atoms with van der Waals surface area (Å²) in [5.74, 6) is 5.00. The quantitative estimate of drug-likeness (QED) is 0.291. The summed E-state index contributed by atoms with van der Waals surface area (Å²) in [5, 5.41) is 1.11. The monoisotopic (exact) mass is 335 g/mol. The maximum Gasteiger partial charge on any atom is 0.330 e. The van der Waals surface area contributed by atoms with Crippen LogP contribution in [-0.2, 0) is 20.9 Å². The molecule has 0 spiro atoms. The molecule has 23 heavy (non-hydrogen) atoms. The topological polar surface area (TPSA) is 75.9 Å². The van der Waals surface area contributed by atoms with Gasteiger partial charge in [-0.1, -0.05) is 41.9 Å². The number of ether oxygens (including phenoxy) is 1. The van der Waals surface area contributed by atoms with Crippen molar-refractivity contribution >= 4 is 23.5 Å². The first-order chi connectivity index (χ1) is 11.0. The molecule has 1 aliphatic heterocycles. The van der Waals surface area contributed by atoms with Crippen molar-refractivity contribution in [2.45, 2.75) is 19.0 Å². The molecule has 0 fully saturated rings. The second-order valence-electron chi connectivity index (χ2n) is 4.83. The summed E-state index contributed by atoms with van der Waals surface area (Å²) in [6, 6.07) is 9.50. The summed E-state index contributed by atoms with van der Waals surface area (Å²) in [6.07, 6.45) is 4.27. The van der Waals surface area contributed by atoms with E-state index in [1.165, 1.54) is 17.1 Å². The third-order valence-electron chi connectivity index (χ3n) is 3.19. The smallest absolute Gasteiger partial charge is 0.330 e. The number of esters is 1. The van der Waals surface area contributed by atoms with Crippen molar-refractivity contribution in [3.05, 3.63) is 59.9 Å². The van der Waals surface area contributed by atoms with Gasteiger partial charge in [-0.05, 0) is 18.6 Å². The van der Waals surface area contributed by atoms with E-state index in [9.17, 15) is 9.59 Å². The summed E-state index contributed by atoms with van der Waals surface area (Å²) in [4.78, 5) is 25.1. The van der Waals surface area contributed by atoms with Gasteiger partial charge < -0.3 is 9.64 Å². The second kappa shape index (κ2) is 7.80. The van der Waals surface area contributed by atoms with Crippen LogP contribution in [0.2, 0.25) is 0 Å². The first kappa shape index (κ1) is 17.1. The number of nitrogens with zero attached hydrogens (tertiary/aromatic N) is 2. The van der Waals surface area contributed by atoms with Crippen molar-refractivity contribution in [1.82, 2.24) is 9.91 Å². The van der Waals surface area contributed by atoms with Crippen molar-refractivity contribution in [3.63, 3.8) is 0 Å². The molecule has 0 radical (unpaired) electrons. The SMILES string of the molecule is CCOC(=O)/C=C/C1=CN(Cc2ccccc2)C(=O)C(Cl)N1N. The van der Waals surface area contributed by atoms with Gasteiger partial charge in [-0.2, -0.15) is 0 Å². The number of halogens is 1. The zero-order valence-corrected chi connectivity index (χ0v) is 13.4. The van der Waals surface area contributed by atoms with Crippen molar-refractivity contribution in [2.75, 3.05) is 6.61 Å². The molecular formula is C16H18ClN3O3. The van der Waals surface area contributed by atoms with Crippen LogP contribution in [0.1, 0.15) is 12.5 Å². The van der Waals surface area contributed by atoms with E-state index in [2.05, 4.69) is 0 Å². The molecule has 7 heteroatoms. The average Bonchev–Trinajstić information content (AvgIpc) is 2.55. The molecule has 122 valence electrons. The highest BCUT2D eigenvalue weighted by atomic mass is 35.5. The van der Waals surface area contributed by atoms with Crippen LogP contribution in [0.5, 0.6) is 0 Å². The Morgan fingerprint density at radius 3 is 2.74 bits per heavy atom. The van der Waals surface area contributed by atoms with Gasteiger partial charge in [0.2, 0.25) is 0 Å². The van der Waals surface area contributed by atoms with Crippen LogP contribution < -0.4 is 5.84 Å². The summed E-state index contributed by atoms with van der Waals surface area (Å²) in [5.41, 5.74) is 0.360. The molecule has 1 aliphatic rings. The van der Waals surface area contributed by atoms with Gasteiger partial charge in [-0.15, -0.1) is 0 Å². The van der Waals surface area contributed by atoms with E-state index in [0.29, 0.717) is 12.2 Å². The predicted molar refractivity (Wildman–Crippen MR) is 86.5 cm³/mol. The van der Waals surface area contributed by atoms with Gasteiger partial charge in [0.15, 0.2) is 5.50 Å². The Kier molecular flexibility index (Phi) is 5.78. The molecule has 2 rings (SSSR count). The number of allylic oxidation sites excluding steroid dienone is 1. The van der Waals surface area contributed by atoms with Crippen molar-refractivity contribution in [3.8, 4) is 0 Å². The van der Waals surface area contributed by atoms with Gasteiger partial charge in [0.1, 0.15) is 0 Å². The fourth-order valence-electron chi connectivity index (χ4n) is 2.05. The van der Waals surface area contributed by atoms with E-state index in [0.717, 1.165) is 10.6 Å². The van der Waals surface area contributed by atoms with Crippen LogP contribution in [0.3, 0.4) is 0 Å². The molecule has 0 aromatic heterocycles. The normalized spacial score (nSPS) is 18.3. The molecule has 1 amide bonds. The molecule has 1 atom stereocenters. The van der Waals surface area contributed by atoms with Crippen LogP contribution in [0.4, 0.5) is 0 Å². The maximum absolute atomic E-state index is 12.2. The van der Waals surface area contributed by atoms with Crippen molar-refractivity contribution in [2.24, 2.45) is 5.84 Å². The summed E-state index contributed by atoms with van der Waals surface area (Å²) in [7, 11) is 0. The van der Waals surface area contributed by atoms with Crippen LogP contribution in [-0.4, -0.2) is 33.9 Å². The van der Waals surface area contributed by atoms with Crippen molar-refractivity contribution < 1.29 is 14.3 Å².